The average molecular weight is 410 g/mol. The summed E-state index contributed by atoms with van der Waals surface area (Å²) in [6.45, 7) is 1.85. The second-order valence-corrected chi connectivity index (χ2v) is 5.96. The van der Waals surface area contributed by atoms with Crippen molar-refractivity contribution in [3.63, 3.8) is 0 Å². The molecule has 3 nitrogen and oxygen atoms in total. The summed E-state index contributed by atoms with van der Waals surface area (Å²) >= 11 is 14.2. The van der Waals surface area contributed by atoms with Gasteiger partial charge in [0.2, 0.25) is 0 Å². The number of hydrogen-bond acceptors (Lipinski definition) is 3. The molecule has 1 aromatic heterocycles. The summed E-state index contributed by atoms with van der Waals surface area (Å²) in [5, 5.41) is 1.76. The monoisotopic (exact) mass is 409 g/mol. The highest BCUT2D eigenvalue weighted by atomic mass is 127. The van der Waals surface area contributed by atoms with E-state index in [1.807, 2.05) is 6.07 Å². The Morgan fingerprint density at radius 3 is 2.84 bits per heavy atom. The highest BCUT2D eigenvalue weighted by molar-refractivity contribution is 14.1. The van der Waals surface area contributed by atoms with Crippen molar-refractivity contribution in [2.24, 2.45) is 0 Å². The number of carbonyl (C=O) groups excluding carboxylic acids is 1. The maximum atomic E-state index is 11.0. The molecule has 0 N–H and O–H groups in total. The lowest BCUT2D eigenvalue weighted by Crippen LogP contribution is -2.04. The fraction of sp³-hybridized carbons (Fsp3) is 0.231. The Labute approximate surface area is 134 Å². The van der Waals surface area contributed by atoms with Crippen LogP contribution in [-0.4, -0.2) is 17.4 Å². The molecule has 0 aliphatic carbocycles. The summed E-state index contributed by atoms with van der Waals surface area (Å²) in [7, 11) is 0. The number of fused-ring (bicyclic) bond motifs is 1. The number of benzene rings is 1. The number of Topliss-reactive ketones (excluding diaryl/α,β-unsaturated/α-hetero) is 1. The molecule has 100 valence electrons. The lowest BCUT2D eigenvalue weighted by atomic mass is 10.2. The molecule has 6 heteroatoms. The normalized spacial score (nSPS) is 10.7. The number of aromatic nitrogens is 1. The third kappa shape index (κ3) is 3.49. The van der Waals surface area contributed by atoms with Crippen molar-refractivity contribution in [3.8, 4) is 5.75 Å². The van der Waals surface area contributed by atoms with Crippen LogP contribution in [0.2, 0.25) is 10.2 Å². The molecule has 0 aliphatic heterocycles. The van der Waals surface area contributed by atoms with Gasteiger partial charge in [0.15, 0.2) is 5.75 Å². The molecule has 0 bridgehead atoms. The van der Waals surface area contributed by atoms with E-state index in [1.54, 1.807) is 12.1 Å². The standard InChI is InChI=1S/C13H10Cl2INO2/c1-7(18)4-5-19-13-10(16)6-9(14)8-2-3-11(15)17-12(8)13/h2-3,6H,4-5H2,1H3. The summed E-state index contributed by atoms with van der Waals surface area (Å²) in [4.78, 5) is 15.2. The number of ether oxygens (including phenoxy) is 1. The summed E-state index contributed by atoms with van der Waals surface area (Å²) in [6.07, 6.45) is 0.362. The summed E-state index contributed by atoms with van der Waals surface area (Å²) in [5.41, 5.74) is 0.618. The molecule has 0 saturated heterocycles. The van der Waals surface area contributed by atoms with Crippen molar-refractivity contribution in [1.82, 2.24) is 4.98 Å². The predicted molar refractivity (Wildman–Crippen MR) is 85.3 cm³/mol. The van der Waals surface area contributed by atoms with Crippen molar-refractivity contribution in [1.29, 1.82) is 0 Å². The second kappa shape index (κ2) is 6.24. The Bertz CT molecular complexity index is 646. The van der Waals surface area contributed by atoms with Gasteiger partial charge in [-0.1, -0.05) is 23.2 Å². The molecule has 0 aliphatic rings. The van der Waals surface area contributed by atoms with Crippen molar-refractivity contribution in [3.05, 3.63) is 31.9 Å². The van der Waals surface area contributed by atoms with Crippen LogP contribution < -0.4 is 4.74 Å². The maximum Gasteiger partial charge on any atom is 0.158 e. The van der Waals surface area contributed by atoms with Crippen LogP contribution in [0.25, 0.3) is 10.9 Å². The fourth-order valence-electron chi connectivity index (χ4n) is 1.60. The summed E-state index contributed by atoms with van der Waals surface area (Å²) in [6, 6.07) is 5.30. The van der Waals surface area contributed by atoms with Gasteiger partial charge in [0.25, 0.3) is 0 Å². The molecule has 1 heterocycles. The molecule has 0 saturated carbocycles. The van der Waals surface area contributed by atoms with Crippen LogP contribution in [0.5, 0.6) is 5.75 Å². The Hall–Kier alpha value is -0.590. The number of carbonyl (C=O) groups is 1. The molecule has 2 rings (SSSR count). The van der Waals surface area contributed by atoms with Gasteiger partial charge in [-0.15, -0.1) is 0 Å². The molecule has 0 amide bonds. The van der Waals surface area contributed by atoms with Crippen LogP contribution >= 0.6 is 45.8 Å². The van der Waals surface area contributed by atoms with Crippen LogP contribution in [-0.2, 0) is 4.79 Å². The van der Waals surface area contributed by atoms with Crippen molar-refractivity contribution >= 4 is 62.5 Å². The van der Waals surface area contributed by atoms with Gasteiger partial charge in [0.1, 0.15) is 16.5 Å². The molecule has 2 aromatic rings. The molecule has 1 aromatic carbocycles. The number of rotatable bonds is 4. The van der Waals surface area contributed by atoms with Crippen LogP contribution in [0.4, 0.5) is 0 Å². The van der Waals surface area contributed by atoms with Crippen LogP contribution in [0.1, 0.15) is 13.3 Å². The molecule has 0 spiro atoms. The zero-order chi connectivity index (χ0) is 14.0. The lowest BCUT2D eigenvalue weighted by Gasteiger charge is -2.11. The van der Waals surface area contributed by atoms with E-state index in [0.717, 1.165) is 8.96 Å². The van der Waals surface area contributed by atoms with Gasteiger partial charge in [-0.05, 0) is 47.7 Å². The number of ketones is 1. The Balaban J connectivity index is 2.46. The summed E-state index contributed by atoms with van der Waals surface area (Å²) < 4.78 is 6.50. The van der Waals surface area contributed by atoms with Gasteiger partial charge in [0, 0.05) is 11.8 Å². The number of nitrogens with zero attached hydrogens (tertiary/aromatic N) is 1. The van der Waals surface area contributed by atoms with Crippen LogP contribution in [0.3, 0.4) is 0 Å². The van der Waals surface area contributed by atoms with E-state index < -0.39 is 0 Å². The first-order valence-corrected chi connectivity index (χ1v) is 7.39. The van der Waals surface area contributed by atoms with Gasteiger partial charge in [0.05, 0.1) is 15.2 Å². The van der Waals surface area contributed by atoms with E-state index in [4.69, 9.17) is 27.9 Å². The number of hydrogen-bond donors (Lipinski definition) is 0. The van der Waals surface area contributed by atoms with Gasteiger partial charge in [-0.3, -0.25) is 4.79 Å². The molecular formula is C13H10Cl2INO2. The van der Waals surface area contributed by atoms with Gasteiger partial charge >= 0.3 is 0 Å². The van der Waals surface area contributed by atoms with Gasteiger partial charge in [-0.2, -0.15) is 0 Å². The highest BCUT2D eigenvalue weighted by Gasteiger charge is 2.13. The Morgan fingerprint density at radius 1 is 1.42 bits per heavy atom. The third-order valence-electron chi connectivity index (χ3n) is 2.50. The molecular weight excluding hydrogens is 400 g/mol. The topological polar surface area (TPSA) is 39.2 Å². The van der Waals surface area contributed by atoms with E-state index >= 15 is 0 Å². The molecule has 0 fully saturated rings. The first-order valence-electron chi connectivity index (χ1n) is 5.55. The van der Waals surface area contributed by atoms with Crippen molar-refractivity contribution in [2.45, 2.75) is 13.3 Å². The average Bonchev–Trinajstić information content (AvgIpc) is 2.32. The van der Waals surface area contributed by atoms with E-state index in [-0.39, 0.29) is 5.78 Å². The minimum atomic E-state index is 0.0827. The lowest BCUT2D eigenvalue weighted by molar-refractivity contribution is -0.117. The smallest absolute Gasteiger partial charge is 0.158 e. The molecule has 0 unspecified atom stereocenters. The Morgan fingerprint density at radius 2 is 2.16 bits per heavy atom. The Kier molecular flexibility index (Phi) is 4.86. The number of halogens is 3. The van der Waals surface area contributed by atoms with E-state index in [1.165, 1.54) is 6.92 Å². The highest BCUT2D eigenvalue weighted by Crippen LogP contribution is 2.35. The molecule has 19 heavy (non-hydrogen) atoms. The quantitative estimate of drug-likeness (QED) is 0.551. The third-order valence-corrected chi connectivity index (χ3v) is 3.83. The molecule has 0 atom stereocenters. The van der Waals surface area contributed by atoms with Gasteiger partial charge < -0.3 is 4.74 Å². The first-order chi connectivity index (χ1) is 8.99. The second-order valence-electron chi connectivity index (χ2n) is 4.00. The zero-order valence-corrected chi connectivity index (χ0v) is 13.7. The van der Waals surface area contributed by atoms with Crippen LogP contribution in [0, 0.1) is 3.57 Å². The fourth-order valence-corrected chi connectivity index (χ4v) is 2.92. The van der Waals surface area contributed by atoms with E-state index in [2.05, 4.69) is 27.6 Å². The SMILES string of the molecule is CC(=O)CCOc1c(I)cc(Cl)c2ccc(Cl)nc12. The predicted octanol–water partition coefficient (Wildman–Crippen LogP) is 4.50. The van der Waals surface area contributed by atoms with Crippen molar-refractivity contribution < 1.29 is 9.53 Å². The van der Waals surface area contributed by atoms with Crippen molar-refractivity contribution in [2.75, 3.05) is 6.61 Å². The van der Waals surface area contributed by atoms with E-state index in [9.17, 15) is 4.79 Å². The molecule has 0 radical (unpaired) electrons. The minimum absolute atomic E-state index is 0.0827. The van der Waals surface area contributed by atoms with E-state index in [0.29, 0.717) is 34.5 Å². The zero-order valence-electron chi connectivity index (χ0n) is 10.0. The number of pyridine rings is 1. The van der Waals surface area contributed by atoms with Gasteiger partial charge in [-0.25, -0.2) is 4.98 Å². The summed E-state index contributed by atoms with van der Waals surface area (Å²) in [5.74, 6) is 0.697. The largest absolute Gasteiger partial charge is 0.490 e. The minimum Gasteiger partial charge on any atom is -0.490 e. The van der Waals surface area contributed by atoms with Crippen LogP contribution in [0.15, 0.2) is 18.2 Å². The maximum absolute atomic E-state index is 11.0. The first kappa shape index (κ1) is 14.8.